The molecule has 0 saturated carbocycles. The van der Waals surface area contributed by atoms with E-state index in [4.69, 9.17) is 4.99 Å². The van der Waals surface area contributed by atoms with Crippen LogP contribution in [0, 0.1) is 6.92 Å². The number of para-hydroxylation sites is 1. The highest BCUT2D eigenvalue weighted by Crippen LogP contribution is 2.45. The zero-order chi connectivity index (χ0) is 22.5. The van der Waals surface area contributed by atoms with Crippen LogP contribution >= 0.6 is 0 Å². The zero-order valence-corrected chi connectivity index (χ0v) is 21.0. The standard InChI is InChI=1S/C18H20N.C6H6N.C4H9.Al/c1-14(2)12-16-6-4-5-7-17(16)13-19-18-10-8-15(3)9-11-18;7-6-4-2-1-3-5-6;1-4(2)3;/h4-11,13H,12H2,1-3H3;1-5,7H;1-3H3;/q;-1;;+1. The van der Waals surface area contributed by atoms with Crippen molar-refractivity contribution in [2.75, 3.05) is 4.30 Å². The van der Waals surface area contributed by atoms with Gasteiger partial charge in [-0.05, 0) is 48.7 Å². The molecule has 0 saturated heterocycles. The first-order valence-corrected chi connectivity index (χ1v) is 12.9. The lowest BCUT2D eigenvalue weighted by atomic mass is 9.97. The van der Waals surface area contributed by atoms with E-state index in [0.29, 0.717) is 0 Å². The lowest BCUT2D eigenvalue weighted by molar-refractivity contribution is 0.599. The summed E-state index contributed by atoms with van der Waals surface area (Å²) in [6.45, 7) is 14.1. The van der Waals surface area contributed by atoms with Crippen molar-refractivity contribution < 1.29 is 0 Å². The average molecular weight is 427 g/mol. The first kappa shape index (κ1) is 23.3. The molecule has 0 unspecified atom stereocenters. The summed E-state index contributed by atoms with van der Waals surface area (Å²) in [5.74, 6) is 0. The molecule has 160 valence electrons. The van der Waals surface area contributed by atoms with Crippen LogP contribution in [0.4, 0.5) is 11.4 Å². The van der Waals surface area contributed by atoms with E-state index < -0.39 is 14.4 Å². The van der Waals surface area contributed by atoms with E-state index in [1.54, 1.807) is 0 Å². The summed E-state index contributed by atoms with van der Waals surface area (Å²) in [4.78, 5) is 4.74. The molecule has 3 heteroatoms. The molecular weight excluding hydrogens is 391 g/mol. The fourth-order valence-corrected chi connectivity index (χ4v) is 8.59. The topological polar surface area (TPSA) is 24.4 Å². The van der Waals surface area contributed by atoms with Crippen LogP contribution in [0.25, 0.3) is 0 Å². The molecule has 31 heavy (non-hydrogen) atoms. The summed E-state index contributed by atoms with van der Waals surface area (Å²) in [5, 5.41) is 0. The number of nitrogens with one attached hydrogen (secondary N) is 1. The van der Waals surface area contributed by atoms with Crippen LogP contribution in [0.5, 0.6) is 0 Å². The molecule has 3 aromatic carbocycles. The second-order valence-electron chi connectivity index (χ2n) is 10.3. The third kappa shape index (κ3) is 6.57. The maximum atomic E-state index is 4.74. The minimum absolute atomic E-state index is 0.169. The van der Waals surface area contributed by atoms with Gasteiger partial charge in [-0.3, -0.25) is 4.99 Å². The summed E-state index contributed by atoms with van der Waals surface area (Å²) >= 11 is -1.43. The zero-order valence-electron chi connectivity index (χ0n) is 19.8. The van der Waals surface area contributed by atoms with Gasteiger partial charge in [0.25, 0.3) is 0 Å². The highest BCUT2D eigenvalue weighted by molar-refractivity contribution is 6.68. The Morgan fingerprint density at radius 2 is 1.42 bits per heavy atom. The summed E-state index contributed by atoms with van der Waals surface area (Å²) in [7, 11) is 0. The van der Waals surface area contributed by atoms with E-state index in [2.05, 4.69) is 125 Å². The van der Waals surface area contributed by atoms with Gasteiger partial charge in [0.15, 0.2) is 0 Å². The van der Waals surface area contributed by atoms with Crippen molar-refractivity contribution in [2.24, 2.45) is 4.99 Å². The Morgan fingerprint density at radius 3 is 2.06 bits per heavy atom. The Labute approximate surface area is 193 Å². The summed E-state index contributed by atoms with van der Waals surface area (Å²) in [6, 6.07) is 27.7. The van der Waals surface area contributed by atoms with Crippen molar-refractivity contribution in [1.29, 1.82) is 0 Å². The Kier molecular flexibility index (Phi) is 7.42. The second kappa shape index (κ2) is 9.86. The number of hydrogen-bond donors (Lipinski definition) is 1. The van der Waals surface area contributed by atoms with Crippen LogP contribution in [0.15, 0.2) is 83.9 Å². The molecule has 3 rings (SSSR count). The predicted octanol–water partition coefficient (Wildman–Crippen LogP) is 7.97. The number of anilines is 1. The molecule has 0 aliphatic rings. The van der Waals surface area contributed by atoms with Crippen LogP contribution in [0.1, 0.15) is 51.3 Å². The van der Waals surface area contributed by atoms with E-state index in [1.165, 1.54) is 22.4 Å². The maximum absolute atomic E-state index is 4.74. The van der Waals surface area contributed by atoms with Crippen molar-refractivity contribution >= 4 is 32.0 Å². The molecule has 0 spiro atoms. The predicted molar refractivity (Wildman–Crippen MR) is 138 cm³/mol. The number of rotatable bonds is 7. The van der Waals surface area contributed by atoms with E-state index in [0.717, 1.165) is 12.1 Å². The third-order valence-electron chi connectivity index (χ3n) is 5.82. The molecule has 0 bridgehead atoms. The molecular formula is C28H35AlN2. The summed E-state index contributed by atoms with van der Waals surface area (Å²) < 4.78 is 4.38. The van der Waals surface area contributed by atoms with Crippen LogP contribution in [-0.4, -0.2) is 20.6 Å². The largest absolute Gasteiger partial charge is 0.476 e. The second-order valence-corrected chi connectivity index (χ2v) is 14.7. The molecule has 3 aromatic rings. The summed E-state index contributed by atoms with van der Waals surface area (Å²) in [5.41, 5.74) is 6.05. The number of aliphatic imine (C=N–C) groups is 1. The van der Waals surface area contributed by atoms with E-state index >= 15 is 0 Å². The van der Waals surface area contributed by atoms with Gasteiger partial charge >= 0.3 is 14.4 Å². The maximum Gasteiger partial charge on any atom is 0.423 e. The van der Waals surface area contributed by atoms with E-state index in [-0.39, 0.29) is 8.55 Å². The van der Waals surface area contributed by atoms with Crippen molar-refractivity contribution in [1.82, 2.24) is 0 Å². The van der Waals surface area contributed by atoms with Gasteiger partial charge in [0, 0.05) is 11.9 Å². The lowest BCUT2D eigenvalue weighted by Gasteiger charge is -2.39. The van der Waals surface area contributed by atoms with Crippen LogP contribution in [-0.2, 0) is 6.42 Å². The molecule has 0 aromatic heterocycles. The lowest BCUT2D eigenvalue weighted by Crippen LogP contribution is -2.45. The Balaban J connectivity index is 1.86. The highest BCUT2D eigenvalue weighted by atomic mass is 27.2. The van der Waals surface area contributed by atoms with Gasteiger partial charge in [0.2, 0.25) is 0 Å². The first-order valence-electron chi connectivity index (χ1n) is 11.2. The van der Waals surface area contributed by atoms with Crippen LogP contribution < -0.4 is 4.30 Å². The van der Waals surface area contributed by atoms with Gasteiger partial charge in [-0.25, -0.2) is 0 Å². The Hall–Kier alpha value is -2.34. The first-order chi connectivity index (χ1) is 14.6. The van der Waals surface area contributed by atoms with Crippen molar-refractivity contribution in [3.05, 3.63) is 95.6 Å². The molecule has 0 radical (unpaired) electrons. The fourth-order valence-electron chi connectivity index (χ4n) is 4.47. The molecule has 0 heterocycles. The quantitative estimate of drug-likeness (QED) is 0.301. The molecule has 0 atom stereocenters. The van der Waals surface area contributed by atoms with Gasteiger partial charge in [-0.1, -0.05) is 103 Å². The molecule has 0 amide bonds. The molecule has 0 fully saturated rings. The number of nitrogens with zero attached hydrogens (tertiary/aromatic N) is 1. The minimum atomic E-state index is -1.43. The van der Waals surface area contributed by atoms with Crippen molar-refractivity contribution in [3.8, 4) is 0 Å². The molecule has 1 N–H and O–H groups in total. The van der Waals surface area contributed by atoms with Gasteiger partial charge in [-0.2, -0.15) is 0 Å². The highest BCUT2D eigenvalue weighted by Gasteiger charge is 2.46. The van der Waals surface area contributed by atoms with Crippen molar-refractivity contribution in [2.45, 2.75) is 56.5 Å². The Bertz CT molecular complexity index is 999. The number of hydrogen-bond acceptors (Lipinski definition) is 2. The van der Waals surface area contributed by atoms with E-state index in [1.807, 2.05) is 6.21 Å². The third-order valence-corrected chi connectivity index (χ3v) is 9.94. The number of benzene rings is 3. The molecule has 0 aliphatic carbocycles. The average Bonchev–Trinajstić information content (AvgIpc) is 2.72. The number of aryl methyl sites for hydroxylation is 1. The fraction of sp³-hybridized carbons (Fsp3) is 0.321. The van der Waals surface area contributed by atoms with Gasteiger partial charge in [0.1, 0.15) is 0 Å². The van der Waals surface area contributed by atoms with Crippen molar-refractivity contribution in [3.63, 3.8) is 0 Å². The molecule has 2 nitrogen and oxygen atoms in total. The SMILES string of the molecule is Cc1ccc(N=Cc2ccccc2C[C](C)(C)[Al]([NH]c2ccccc2)[C](C)(C)C)cc1. The normalized spacial score (nSPS) is 12.2. The van der Waals surface area contributed by atoms with Crippen LogP contribution in [0.2, 0.25) is 8.55 Å². The minimum Gasteiger partial charge on any atom is -0.476 e. The van der Waals surface area contributed by atoms with Gasteiger partial charge in [0.05, 0.1) is 5.69 Å². The Morgan fingerprint density at radius 1 is 0.806 bits per heavy atom. The van der Waals surface area contributed by atoms with Gasteiger partial charge in [-0.15, -0.1) is 0 Å². The molecule has 0 aliphatic heterocycles. The van der Waals surface area contributed by atoms with Gasteiger partial charge < -0.3 is 4.30 Å². The van der Waals surface area contributed by atoms with Crippen LogP contribution in [0.3, 0.4) is 0 Å². The monoisotopic (exact) mass is 426 g/mol. The summed E-state index contributed by atoms with van der Waals surface area (Å²) in [6.07, 6.45) is 3.05. The smallest absolute Gasteiger partial charge is 0.423 e. The van der Waals surface area contributed by atoms with E-state index in [9.17, 15) is 0 Å².